The number of nitrogens with zero attached hydrogens (tertiary/aromatic N) is 2. The number of esters is 1. The fourth-order valence-electron chi connectivity index (χ4n) is 1.38. The van der Waals surface area contributed by atoms with E-state index in [9.17, 15) is 9.59 Å². The van der Waals surface area contributed by atoms with Crippen molar-refractivity contribution in [2.24, 2.45) is 0 Å². The zero-order valence-corrected chi connectivity index (χ0v) is 12.9. The molecule has 0 atom stereocenters. The third-order valence-electron chi connectivity index (χ3n) is 2.27. The van der Waals surface area contributed by atoms with Gasteiger partial charge in [0.15, 0.2) is 5.82 Å². The third kappa shape index (κ3) is 4.83. The number of carbonyl (C=O) groups is 2. The molecule has 0 unspecified atom stereocenters. The summed E-state index contributed by atoms with van der Waals surface area (Å²) >= 11 is 2.59. The summed E-state index contributed by atoms with van der Waals surface area (Å²) in [6.45, 7) is 2.12. The smallest absolute Gasteiger partial charge is 0.316 e. The molecule has 0 spiro atoms. The number of hydrogen-bond donors (Lipinski definition) is 1. The van der Waals surface area contributed by atoms with Crippen LogP contribution in [0.4, 0.5) is 5.82 Å². The van der Waals surface area contributed by atoms with Crippen LogP contribution in [0.25, 0.3) is 0 Å². The highest BCUT2D eigenvalue weighted by atomic mass is 32.2. The van der Waals surface area contributed by atoms with E-state index in [1.54, 1.807) is 31.2 Å². The lowest BCUT2D eigenvalue weighted by molar-refractivity contribution is -0.139. The SMILES string of the molecule is CCOC(=O)CSc1ccc(NC(=O)c2cccs2)nn1. The van der Waals surface area contributed by atoms with Gasteiger partial charge < -0.3 is 10.1 Å². The van der Waals surface area contributed by atoms with E-state index < -0.39 is 0 Å². The summed E-state index contributed by atoms with van der Waals surface area (Å²) in [6, 6.07) is 6.88. The standard InChI is InChI=1S/C13H13N3O3S2/c1-2-19-12(17)8-21-11-6-5-10(15-16-11)14-13(18)9-4-3-7-20-9/h3-7H,2,8H2,1H3,(H,14,15,18). The summed E-state index contributed by atoms with van der Waals surface area (Å²) in [5.41, 5.74) is 0. The van der Waals surface area contributed by atoms with Crippen LogP contribution in [0, 0.1) is 0 Å². The monoisotopic (exact) mass is 323 g/mol. The third-order valence-corrected chi connectivity index (χ3v) is 4.03. The highest BCUT2D eigenvalue weighted by molar-refractivity contribution is 7.99. The Labute approximate surface area is 129 Å². The van der Waals surface area contributed by atoms with E-state index in [4.69, 9.17) is 4.74 Å². The Balaban J connectivity index is 1.87. The first kappa shape index (κ1) is 15.5. The summed E-state index contributed by atoms with van der Waals surface area (Å²) in [4.78, 5) is 23.6. The van der Waals surface area contributed by atoms with Crippen molar-refractivity contribution in [3.63, 3.8) is 0 Å². The van der Waals surface area contributed by atoms with E-state index in [0.29, 0.717) is 22.3 Å². The Morgan fingerprint density at radius 2 is 2.19 bits per heavy atom. The zero-order valence-electron chi connectivity index (χ0n) is 11.2. The quantitative estimate of drug-likeness (QED) is 0.649. The van der Waals surface area contributed by atoms with E-state index >= 15 is 0 Å². The first-order chi connectivity index (χ1) is 10.2. The lowest BCUT2D eigenvalue weighted by Crippen LogP contribution is -2.12. The average Bonchev–Trinajstić information content (AvgIpc) is 3.01. The Hall–Kier alpha value is -1.93. The topological polar surface area (TPSA) is 81.2 Å². The Bertz CT molecular complexity index is 600. The maximum absolute atomic E-state index is 11.8. The van der Waals surface area contributed by atoms with Crippen LogP contribution in [-0.2, 0) is 9.53 Å². The van der Waals surface area contributed by atoms with Gasteiger partial charge >= 0.3 is 5.97 Å². The average molecular weight is 323 g/mol. The Morgan fingerprint density at radius 1 is 1.33 bits per heavy atom. The van der Waals surface area contributed by atoms with Crippen LogP contribution >= 0.6 is 23.1 Å². The van der Waals surface area contributed by atoms with Gasteiger partial charge in [-0.15, -0.1) is 21.5 Å². The molecular weight excluding hydrogens is 310 g/mol. The minimum Gasteiger partial charge on any atom is -0.465 e. The number of thioether (sulfide) groups is 1. The molecule has 0 aliphatic rings. The zero-order chi connectivity index (χ0) is 15.1. The fraction of sp³-hybridized carbons (Fsp3) is 0.231. The molecule has 0 saturated heterocycles. The van der Waals surface area contributed by atoms with Crippen molar-refractivity contribution < 1.29 is 14.3 Å². The summed E-state index contributed by atoms with van der Waals surface area (Å²) in [6.07, 6.45) is 0. The summed E-state index contributed by atoms with van der Waals surface area (Å²) < 4.78 is 4.82. The van der Waals surface area contributed by atoms with Crippen molar-refractivity contribution in [2.45, 2.75) is 11.9 Å². The van der Waals surface area contributed by atoms with Crippen molar-refractivity contribution in [2.75, 3.05) is 17.7 Å². The van der Waals surface area contributed by atoms with E-state index in [1.807, 2.05) is 5.38 Å². The minimum atomic E-state index is -0.292. The van der Waals surface area contributed by atoms with Gasteiger partial charge in [0.2, 0.25) is 0 Å². The van der Waals surface area contributed by atoms with Gasteiger partial charge in [0.1, 0.15) is 5.03 Å². The van der Waals surface area contributed by atoms with Gasteiger partial charge in [-0.3, -0.25) is 9.59 Å². The Kier molecular flexibility index (Phi) is 5.70. The van der Waals surface area contributed by atoms with Gasteiger partial charge in [-0.2, -0.15) is 0 Å². The molecule has 2 aromatic heterocycles. The molecule has 0 aromatic carbocycles. The van der Waals surface area contributed by atoms with E-state index in [1.165, 1.54) is 23.1 Å². The predicted octanol–water partition coefficient (Wildman–Crippen LogP) is 2.45. The maximum atomic E-state index is 11.8. The first-order valence-electron chi connectivity index (χ1n) is 6.16. The number of aromatic nitrogens is 2. The molecule has 0 aliphatic carbocycles. The molecule has 2 rings (SSSR count). The molecule has 110 valence electrons. The van der Waals surface area contributed by atoms with Gasteiger partial charge in [-0.25, -0.2) is 0 Å². The van der Waals surface area contributed by atoms with Gasteiger partial charge in [0.25, 0.3) is 5.91 Å². The van der Waals surface area contributed by atoms with Crippen molar-refractivity contribution >= 4 is 40.8 Å². The summed E-state index contributed by atoms with van der Waals surface area (Å²) in [7, 11) is 0. The van der Waals surface area contributed by atoms with Crippen LogP contribution < -0.4 is 5.32 Å². The maximum Gasteiger partial charge on any atom is 0.316 e. The molecule has 1 N–H and O–H groups in total. The number of thiophene rings is 1. The summed E-state index contributed by atoms with van der Waals surface area (Å²) in [5.74, 6) is 0.0446. The van der Waals surface area contributed by atoms with Gasteiger partial charge in [-0.05, 0) is 30.5 Å². The van der Waals surface area contributed by atoms with Crippen LogP contribution in [0.1, 0.15) is 16.6 Å². The van der Waals surface area contributed by atoms with Crippen LogP contribution in [-0.4, -0.2) is 34.4 Å². The highest BCUT2D eigenvalue weighted by Crippen LogP contribution is 2.16. The van der Waals surface area contributed by atoms with Crippen molar-refractivity contribution in [3.8, 4) is 0 Å². The summed E-state index contributed by atoms with van der Waals surface area (Å²) in [5, 5.41) is 12.9. The Morgan fingerprint density at radius 3 is 2.81 bits per heavy atom. The van der Waals surface area contributed by atoms with Crippen molar-refractivity contribution in [1.82, 2.24) is 10.2 Å². The molecule has 2 heterocycles. The fourth-order valence-corrected chi connectivity index (χ4v) is 2.62. The number of ether oxygens (including phenoxy) is 1. The van der Waals surface area contributed by atoms with Crippen LogP contribution in [0.3, 0.4) is 0 Å². The molecular formula is C13H13N3O3S2. The molecule has 8 heteroatoms. The number of hydrogen-bond acceptors (Lipinski definition) is 7. The minimum absolute atomic E-state index is 0.184. The number of carbonyl (C=O) groups excluding carboxylic acids is 2. The molecule has 0 saturated carbocycles. The molecule has 0 bridgehead atoms. The lowest BCUT2D eigenvalue weighted by Gasteiger charge is -2.03. The highest BCUT2D eigenvalue weighted by Gasteiger charge is 2.09. The van der Waals surface area contributed by atoms with E-state index in [-0.39, 0.29) is 17.6 Å². The van der Waals surface area contributed by atoms with E-state index in [0.717, 1.165) is 0 Å². The molecule has 0 fully saturated rings. The molecule has 6 nitrogen and oxygen atoms in total. The molecule has 0 aliphatic heterocycles. The largest absolute Gasteiger partial charge is 0.465 e. The van der Waals surface area contributed by atoms with Crippen molar-refractivity contribution in [3.05, 3.63) is 34.5 Å². The van der Waals surface area contributed by atoms with Crippen molar-refractivity contribution in [1.29, 1.82) is 0 Å². The number of anilines is 1. The molecule has 1 amide bonds. The number of amides is 1. The second-order valence-corrected chi connectivity index (χ2v) is 5.73. The second kappa shape index (κ2) is 7.75. The molecule has 2 aromatic rings. The predicted molar refractivity (Wildman–Crippen MR) is 81.7 cm³/mol. The normalized spacial score (nSPS) is 10.1. The molecule has 21 heavy (non-hydrogen) atoms. The molecule has 0 radical (unpaired) electrons. The van der Waals surface area contributed by atoms with Crippen LogP contribution in [0.15, 0.2) is 34.7 Å². The van der Waals surface area contributed by atoms with E-state index in [2.05, 4.69) is 15.5 Å². The number of nitrogens with one attached hydrogen (secondary N) is 1. The van der Waals surface area contributed by atoms with Gasteiger partial charge in [0, 0.05) is 0 Å². The van der Waals surface area contributed by atoms with Crippen LogP contribution in [0.5, 0.6) is 0 Å². The lowest BCUT2D eigenvalue weighted by atomic mass is 10.4. The number of rotatable bonds is 6. The van der Waals surface area contributed by atoms with Gasteiger partial charge in [-0.1, -0.05) is 17.8 Å². The second-order valence-electron chi connectivity index (χ2n) is 3.78. The van der Waals surface area contributed by atoms with Gasteiger partial charge in [0.05, 0.1) is 17.2 Å². The first-order valence-corrected chi connectivity index (χ1v) is 8.02. The van der Waals surface area contributed by atoms with Crippen LogP contribution in [0.2, 0.25) is 0 Å².